The molecular weight excluding hydrogens is 184 g/mol. The van der Waals surface area contributed by atoms with E-state index in [2.05, 4.69) is 18.1 Å². The summed E-state index contributed by atoms with van der Waals surface area (Å²) in [6, 6.07) is 0.522. The van der Waals surface area contributed by atoms with Crippen molar-refractivity contribution in [2.45, 2.75) is 25.5 Å². The van der Waals surface area contributed by atoms with E-state index in [-0.39, 0.29) is 6.10 Å². The van der Waals surface area contributed by atoms with Crippen LogP contribution in [0.1, 0.15) is 13.3 Å². The molecule has 0 spiro atoms. The molecule has 2 unspecified atom stereocenters. The molecule has 0 aliphatic carbocycles. The molecule has 3 nitrogen and oxygen atoms in total. The molecule has 2 atom stereocenters. The molecule has 0 aliphatic rings. The fraction of sp³-hybridized carbons (Fsp3) is 1.00. The van der Waals surface area contributed by atoms with Crippen LogP contribution in [0.25, 0.3) is 0 Å². The number of hydrogen-bond donors (Lipinski definition) is 2. The predicted molar refractivity (Wildman–Crippen MR) is 60.2 cm³/mol. The van der Waals surface area contributed by atoms with Gasteiger partial charge in [0.05, 0.1) is 6.10 Å². The fourth-order valence-electron chi connectivity index (χ4n) is 1.10. The molecule has 0 aliphatic heterocycles. The van der Waals surface area contributed by atoms with Crippen molar-refractivity contribution in [2.75, 3.05) is 32.1 Å². The highest BCUT2D eigenvalue weighted by Gasteiger charge is 2.11. The summed E-state index contributed by atoms with van der Waals surface area (Å²) in [6.07, 6.45) is 2.89. The van der Waals surface area contributed by atoms with Crippen LogP contribution in [-0.4, -0.2) is 54.3 Å². The Bertz CT molecular complexity index is 124. The van der Waals surface area contributed by atoms with Crippen LogP contribution in [0.5, 0.6) is 0 Å². The van der Waals surface area contributed by atoms with E-state index in [1.807, 2.05) is 18.8 Å². The molecule has 80 valence electrons. The van der Waals surface area contributed by atoms with Gasteiger partial charge in [0, 0.05) is 19.1 Å². The van der Waals surface area contributed by atoms with E-state index in [0.29, 0.717) is 19.1 Å². The van der Waals surface area contributed by atoms with E-state index >= 15 is 0 Å². The lowest BCUT2D eigenvalue weighted by molar-refractivity contribution is 0.113. The van der Waals surface area contributed by atoms with Crippen LogP contribution in [-0.2, 0) is 0 Å². The van der Waals surface area contributed by atoms with Crippen molar-refractivity contribution >= 4 is 11.8 Å². The molecule has 4 heteroatoms. The van der Waals surface area contributed by atoms with Crippen LogP contribution >= 0.6 is 11.8 Å². The molecule has 3 N–H and O–H groups in total. The van der Waals surface area contributed by atoms with Crippen molar-refractivity contribution < 1.29 is 5.11 Å². The molecule has 0 fully saturated rings. The van der Waals surface area contributed by atoms with Gasteiger partial charge in [0.15, 0.2) is 0 Å². The minimum absolute atomic E-state index is 0.347. The average molecular weight is 206 g/mol. The number of likely N-dealkylation sites (N-methyl/N-ethyl adjacent to an activating group) is 1. The number of aliphatic hydroxyl groups is 1. The average Bonchev–Trinajstić information content (AvgIpc) is 2.13. The SMILES string of the molecule is CSCCC(C)N(C)CC(O)CN. The van der Waals surface area contributed by atoms with Crippen LogP contribution in [0, 0.1) is 0 Å². The second kappa shape index (κ2) is 7.62. The first kappa shape index (κ1) is 13.2. The lowest BCUT2D eigenvalue weighted by atomic mass is 10.2. The summed E-state index contributed by atoms with van der Waals surface area (Å²) in [7, 11) is 2.03. The predicted octanol–water partition coefficient (Wildman–Crippen LogP) is 0.379. The maximum absolute atomic E-state index is 9.33. The lowest BCUT2D eigenvalue weighted by Gasteiger charge is -2.26. The van der Waals surface area contributed by atoms with Crippen molar-refractivity contribution in [3.8, 4) is 0 Å². The standard InChI is InChI=1S/C9H22N2OS/c1-8(4-5-13-3)11(2)7-9(12)6-10/h8-9,12H,4-7,10H2,1-3H3. The molecule has 0 aromatic heterocycles. The maximum atomic E-state index is 9.33. The van der Waals surface area contributed by atoms with E-state index in [1.54, 1.807) is 0 Å². The third-order valence-corrected chi connectivity index (χ3v) is 2.91. The van der Waals surface area contributed by atoms with Gasteiger partial charge < -0.3 is 15.7 Å². The van der Waals surface area contributed by atoms with E-state index in [4.69, 9.17) is 5.73 Å². The zero-order chi connectivity index (χ0) is 10.3. The normalized spacial score (nSPS) is 16.2. The Morgan fingerprint density at radius 1 is 1.54 bits per heavy atom. The number of nitrogens with zero attached hydrogens (tertiary/aromatic N) is 1. The first-order valence-electron chi connectivity index (χ1n) is 4.69. The Hall–Kier alpha value is 0.230. The third kappa shape index (κ3) is 6.32. The summed E-state index contributed by atoms with van der Waals surface area (Å²) < 4.78 is 0. The van der Waals surface area contributed by atoms with Crippen molar-refractivity contribution in [3.63, 3.8) is 0 Å². The first-order valence-corrected chi connectivity index (χ1v) is 6.08. The van der Waals surface area contributed by atoms with Crippen LogP contribution in [0.15, 0.2) is 0 Å². The van der Waals surface area contributed by atoms with Crippen LogP contribution in [0.4, 0.5) is 0 Å². The molecule has 0 saturated heterocycles. The molecule has 0 amide bonds. The van der Waals surface area contributed by atoms with E-state index < -0.39 is 0 Å². The van der Waals surface area contributed by atoms with E-state index in [9.17, 15) is 5.11 Å². The number of hydrogen-bond acceptors (Lipinski definition) is 4. The van der Waals surface area contributed by atoms with Gasteiger partial charge in [-0.1, -0.05) is 0 Å². The van der Waals surface area contributed by atoms with Gasteiger partial charge >= 0.3 is 0 Å². The topological polar surface area (TPSA) is 49.5 Å². The molecule has 0 rings (SSSR count). The Labute approximate surface area is 85.7 Å². The van der Waals surface area contributed by atoms with Crippen molar-refractivity contribution in [2.24, 2.45) is 5.73 Å². The zero-order valence-corrected chi connectivity index (χ0v) is 9.68. The summed E-state index contributed by atoms with van der Waals surface area (Å²) in [5, 5.41) is 9.33. The van der Waals surface area contributed by atoms with Gasteiger partial charge in [0.2, 0.25) is 0 Å². The zero-order valence-electron chi connectivity index (χ0n) is 8.86. The Kier molecular flexibility index (Phi) is 7.75. The highest BCUT2D eigenvalue weighted by Crippen LogP contribution is 2.06. The summed E-state index contributed by atoms with van der Waals surface area (Å²) in [5.41, 5.74) is 5.34. The van der Waals surface area contributed by atoms with Crippen LogP contribution in [0.3, 0.4) is 0 Å². The van der Waals surface area contributed by atoms with Crippen molar-refractivity contribution in [3.05, 3.63) is 0 Å². The summed E-state index contributed by atoms with van der Waals surface area (Å²) >= 11 is 1.86. The highest BCUT2D eigenvalue weighted by atomic mass is 32.2. The Balaban J connectivity index is 3.61. The molecule has 13 heavy (non-hydrogen) atoms. The van der Waals surface area contributed by atoms with Crippen molar-refractivity contribution in [1.29, 1.82) is 0 Å². The van der Waals surface area contributed by atoms with Gasteiger partial charge in [-0.3, -0.25) is 0 Å². The molecular formula is C9H22N2OS. The fourth-order valence-corrected chi connectivity index (χ4v) is 1.67. The van der Waals surface area contributed by atoms with Gasteiger partial charge in [-0.05, 0) is 32.4 Å². The molecule has 0 saturated carbocycles. The summed E-state index contributed by atoms with van der Waals surface area (Å²) in [5.74, 6) is 1.17. The third-order valence-electron chi connectivity index (χ3n) is 2.26. The minimum Gasteiger partial charge on any atom is -0.390 e. The van der Waals surface area contributed by atoms with Gasteiger partial charge in [-0.2, -0.15) is 11.8 Å². The minimum atomic E-state index is -0.387. The van der Waals surface area contributed by atoms with E-state index in [0.717, 1.165) is 6.42 Å². The molecule has 0 bridgehead atoms. The second-order valence-corrected chi connectivity index (χ2v) is 4.45. The second-order valence-electron chi connectivity index (χ2n) is 3.46. The summed E-state index contributed by atoms with van der Waals surface area (Å²) in [4.78, 5) is 2.16. The van der Waals surface area contributed by atoms with Gasteiger partial charge in [0.25, 0.3) is 0 Å². The number of nitrogens with two attached hydrogens (primary N) is 1. The number of aliphatic hydroxyl groups excluding tert-OH is 1. The lowest BCUT2D eigenvalue weighted by Crippen LogP contribution is -2.39. The van der Waals surface area contributed by atoms with Crippen molar-refractivity contribution in [1.82, 2.24) is 4.90 Å². The highest BCUT2D eigenvalue weighted by molar-refractivity contribution is 7.98. The smallest absolute Gasteiger partial charge is 0.0789 e. The largest absolute Gasteiger partial charge is 0.390 e. The van der Waals surface area contributed by atoms with Gasteiger partial charge in [0.1, 0.15) is 0 Å². The molecule has 0 heterocycles. The maximum Gasteiger partial charge on any atom is 0.0789 e. The first-order chi connectivity index (χ1) is 6.11. The van der Waals surface area contributed by atoms with Gasteiger partial charge in [-0.25, -0.2) is 0 Å². The Morgan fingerprint density at radius 2 is 2.15 bits per heavy atom. The number of rotatable bonds is 7. The summed E-state index contributed by atoms with van der Waals surface area (Å²) in [6.45, 7) is 3.20. The Morgan fingerprint density at radius 3 is 2.62 bits per heavy atom. The van der Waals surface area contributed by atoms with E-state index in [1.165, 1.54) is 5.75 Å². The molecule has 0 aromatic carbocycles. The number of thioether (sulfide) groups is 1. The molecule has 0 radical (unpaired) electrons. The monoisotopic (exact) mass is 206 g/mol. The molecule has 0 aromatic rings. The van der Waals surface area contributed by atoms with Crippen LogP contribution < -0.4 is 5.73 Å². The van der Waals surface area contributed by atoms with Crippen LogP contribution in [0.2, 0.25) is 0 Å². The van der Waals surface area contributed by atoms with Gasteiger partial charge in [-0.15, -0.1) is 0 Å². The quantitative estimate of drug-likeness (QED) is 0.632.